The number of nitriles is 1. The number of carbonyl (C=O) groups is 1. The van der Waals surface area contributed by atoms with E-state index >= 15 is 0 Å². The van der Waals surface area contributed by atoms with E-state index in [0.717, 1.165) is 16.8 Å². The average Bonchev–Trinajstić information content (AvgIpc) is 2.68. The molecule has 0 fully saturated rings. The van der Waals surface area contributed by atoms with Gasteiger partial charge < -0.3 is 9.30 Å². The fraction of sp³-hybridized carbons (Fsp3) is 0.316. The van der Waals surface area contributed by atoms with Crippen molar-refractivity contribution in [2.75, 3.05) is 13.1 Å². The number of esters is 1. The number of hydrogen-bond acceptors (Lipinski definition) is 6. The zero-order valence-corrected chi connectivity index (χ0v) is 16.5. The summed E-state index contributed by atoms with van der Waals surface area (Å²) in [5.74, 6) is -0.716. The van der Waals surface area contributed by atoms with Crippen LogP contribution in [0.5, 0.6) is 0 Å². The summed E-state index contributed by atoms with van der Waals surface area (Å²) in [5.41, 5.74) is 0.413. The van der Waals surface area contributed by atoms with Crippen molar-refractivity contribution in [3.63, 3.8) is 0 Å². The monoisotopic (exact) mass is 403 g/mol. The van der Waals surface area contributed by atoms with Gasteiger partial charge in [-0.1, -0.05) is 32.0 Å². The van der Waals surface area contributed by atoms with E-state index in [0.29, 0.717) is 11.1 Å². The third kappa shape index (κ3) is 4.85. The third-order valence-corrected chi connectivity index (χ3v) is 6.16. The lowest BCUT2D eigenvalue weighted by molar-refractivity contribution is -0.145. The summed E-state index contributed by atoms with van der Waals surface area (Å²) in [7, 11) is -3.76. The van der Waals surface area contributed by atoms with Gasteiger partial charge in [0.15, 0.2) is 0 Å². The van der Waals surface area contributed by atoms with Gasteiger partial charge in [-0.05, 0) is 12.1 Å². The first-order valence-corrected chi connectivity index (χ1v) is 10.1. The average molecular weight is 403 g/mol. The summed E-state index contributed by atoms with van der Waals surface area (Å²) < 4.78 is 32.6. The fourth-order valence-corrected chi connectivity index (χ4v) is 4.07. The zero-order valence-electron chi connectivity index (χ0n) is 15.7. The van der Waals surface area contributed by atoms with Gasteiger partial charge in [0.25, 0.3) is 5.56 Å². The molecule has 0 bridgehead atoms. The van der Waals surface area contributed by atoms with Crippen LogP contribution in [0.25, 0.3) is 0 Å². The number of hydrogen-bond donors (Lipinski definition) is 0. The van der Waals surface area contributed by atoms with Crippen molar-refractivity contribution in [2.45, 2.75) is 31.9 Å². The second-order valence-electron chi connectivity index (χ2n) is 5.85. The molecule has 0 unspecified atom stereocenters. The van der Waals surface area contributed by atoms with Crippen LogP contribution in [-0.2, 0) is 32.7 Å². The quantitative estimate of drug-likeness (QED) is 0.618. The van der Waals surface area contributed by atoms with Crippen molar-refractivity contribution in [3.8, 4) is 6.07 Å². The molecule has 0 saturated carbocycles. The predicted molar refractivity (Wildman–Crippen MR) is 102 cm³/mol. The zero-order chi connectivity index (χ0) is 20.7. The highest BCUT2D eigenvalue weighted by atomic mass is 32.2. The molecule has 0 amide bonds. The first-order chi connectivity index (χ1) is 13.3. The van der Waals surface area contributed by atoms with Gasteiger partial charge >= 0.3 is 5.97 Å². The Kier molecular flexibility index (Phi) is 7.09. The second-order valence-corrected chi connectivity index (χ2v) is 7.79. The molecule has 8 nitrogen and oxygen atoms in total. The molecule has 1 aromatic heterocycles. The standard InChI is InChI=1S/C19H21N3O5S/c1-3-22(4-2)28(25,26)17-9-10-18(23)21(12-17)13-19(24)27-14-16-8-6-5-7-15(16)11-20/h5-10,12H,3-4,13-14H2,1-2H3. The minimum Gasteiger partial charge on any atom is -0.459 e. The summed E-state index contributed by atoms with van der Waals surface area (Å²) in [6.07, 6.45) is 1.14. The van der Waals surface area contributed by atoms with Crippen molar-refractivity contribution >= 4 is 16.0 Å². The molecule has 148 valence electrons. The number of nitrogens with zero attached hydrogens (tertiary/aromatic N) is 3. The molecule has 0 aliphatic heterocycles. The van der Waals surface area contributed by atoms with E-state index in [9.17, 15) is 18.0 Å². The van der Waals surface area contributed by atoms with Crippen LogP contribution in [0.2, 0.25) is 0 Å². The SMILES string of the molecule is CCN(CC)S(=O)(=O)c1ccc(=O)n(CC(=O)OCc2ccccc2C#N)c1. The fourth-order valence-electron chi connectivity index (χ4n) is 2.60. The third-order valence-electron chi connectivity index (χ3n) is 4.13. The number of sulfonamides is 1. The Balaban J connectivity index is 2.17. The Morgan fingerprint density at radius 3 is 2.50 bits per heavy atom. The summed E-state index contributed by atoms with van der Waals surface area (Å²) in [6.45, 7) is 3.46. The summed E-state index contributed by atoms with van der Waals surface area (Å²) in [6, 6.07) is 11.0. The van der Waals surface area contributed by atoms with Crippen molar-refractivity contribution < 1.29 is 17.9 Å². The highest BCUT2D eigenvalue weighted by Gasteiger charge is 2.22. The maximum atomic E-state index is 12.6. The molecule has 9 heteroatoms. The first-order valence-electron chi connectivity index (χ1n) is 8.67. The van der Waals surface area contributed by atoms with Crippen molar-refractivity contribution in [3.05, 3.63) is 64.1 Å². The normalized spacial score (nSPS) is 11.2. The lowest BCUT2D eigenvalue weighted by Crippen LogP contribution is -2.32. The minimum atomic E-state index is -3.76. The number of benzene rings is 1. The molecule has 1 heterocycles. The van der Waals surface area contributed by atoms with Gasteiger partial charge in [0.2, 0.25) is 10.0 Å². The van der Waals surface area contributed by atoms with Crippen molar-refractivity contribution in [2.24, 2.45) is 0 Å². The van der Waals surface area contributed by atoms with Gasteiger partial charge in [0, 0.05) is 30.9 Å². The lowest BCUT2D eigenvalue weighted by atomic mass is 10.1. The molecule has 0 saturated heterocycles. The number of rotatable bonds is 8. The van der Waals surface area contributed by atoms with E-state index in [2.05, 4.69) is 0 Å². The molecule has 0 N–H and O–H groups in total. The molecule has 2 rings (SSSR count). The topological polar surface area (TPSA) is 109 Å². The molecule has 0 spiro atoms. The first kappa shape index (κ1) is 21.3. The van der Waals surface area contributed by atoms with E-state index < -0.39 is 28.1 Å². The summed E-state index contributed by atoms with van der Waals surface area (Å²) in [4.78, 5) is 24.1. The van der Waals surface area contributed by atoms with Crippen LogP contribution in [0.1, 0.15) is 25.0 Å². The lowest BCUT2D eigenvalue weighted by Gasteiger charge is -2.18. The van der Waals surface area contributed by atoms with Crippen LogP contribution in [0, 0.1) is 11.3 Å². The molecule has 0 aliphatic rings. The number of pyridine rings is 1. The number of ether oxygens (including phenoxy) is 1. The molecule has 28 heavy (non-hydrogen) atoms. The van der Waals surface area contributed by atoms with Crippen LogP contribution in [-0.4, -0.2) is 36.3 Å². The van der Waals surface area contributed by atoms with E-state index in [1.165, 1.54) is 10.4 Å². The van der Waals surface area contributed by atoms with Crippen LogP contribution in [0.3, 0.4) is 0 Å². The van der Waals surface area contributed by atoms with Gasteiger partial charge in [-0.25, -0.2) is 8.42 Å². The maximum absolute atomic E-state index is 12.6. The molecule has 0 atom stereocenters. The molecule has 1 aromatic carbocycles. The highest BCUT2D eigenvalue weighted by Crippen LogP contribution is 2.14. The molecular formula is C19H21N3O5S. The molecule has 0 radical (unpaired) electrons. The summed E-state index contributed by atoms with van der Waals surface area (Å²) >= 11 is 0. The van der Waals surface area contributed by atoms with Crippen molar-refractivity contribution in [1.29, 1.82) is 5.26 Å². The smallest absolute Gasteiger partial charge is 0.326 e. The van der Waals surface area contributed by atoms with E-state index in [1.807, 2.05) is 6.07 Å². The minimum absolute atomic E-state index is 0.0709. The Labute approximate surface area is 163 Å². The Morgan fingerprint density at radius 1 is 1.18 bits per heavy atom. The van der Waals surface area contributed by atoms with Gasteiger partial charge in [-0.2, -0.15) is 9.57 Å². The van der Waals surface area contributed by atoms with Crippen LogP contribution in [0.4, 0.5) is 0 Å². The predicted octanol–water partition coefficient (Wildman–Crippen LogP) is 1.49. The second kappa shape index (κ2) is 9.30. The Hall–Kier alpha value is -2.96. The Morgan fingerprint density at radius 2 is 1.86 bits per heavy atom. The van der Waals surface area contributed by atoms with Crippen LogP contribution >= 0.6 is 0 Å². The van der Waals surface area contributed by atoms with Gasteiger partial charge in [0.1, 0.15) is 13.2 Å². The number of carbonyl (C=O) groups excluding carboxylic acids is 1. The van der Waals surface area contributed by atoms with E-state index in [4.69, 9.17) is 10.00 Å². The molecule has 0 aliphatic carbocycles. The molecule has 2 aromatic rings. The maximum Gasteiger partial charge on any atom is 0.326 e. The van der Waals surface area contributed by atoms with Gasteiger partial charge in [-0.15, -0.1) is 0 Å². The van der Waals surface area contributed by atoms with Gasteiger partial charge in [-0.3, -0.25) is 9.59 Å². The van der Waals surface area contributed by atoms with Crippen LogP contribution < -0.4 is 5.56 Å². The van der Waals surface area contributed by atoms with E-state index in [1.54, 1.807) is 38.1 Å². The van der Waals surface area contributed by atoms with E-state index in [-0.39, 0.29) is 24.6 Å². The molecular weight excluding hydrogens is 382 g/mol. The summed E-state index contributed by atoms with van der Waals surface area (Å²) in [5, 5.41) is 9.05. The van der Waals surface area contributed by atoms with Gasteiger partial charge in [0.05, 0.1) is 16.5 Å². The highest BCUT2D eigenvalue weighted by molar-refractivity contribution is 7.89. The van der Waals surface area contributed by atoms with Crippen molar-refractivity contribution in [1.82, 2.24) is 8.87 Å². The largest absolute Gasteiger partial charge is 0.459 e. The number of aromatic nitrogens is 1. The van der Waals surface area contributed by atoms with Crippen LogP contribution in [0.15, 0.2) is 52.3 Å². The Bertz CT molecular complexity index is 1050.